The zero-order valence-corrected chi connectivity index (χ0v) is 9.77. The molecule has 0 saturated carbocycles. The maximum Gasteiger partial charge on any atom is 0.150 e. The first kappa shape index (κ1) is 10.6. The summed E-state index contributed by atoms with van der Waals surface area (Å²) in [5.74, 6) is 1.91. The largest absolute Gasteiger partial charge is 0.365 e. The third-order valence-electron chi connectivity index (χ3n) is 2.68. The molecule has 0 amide bonds. The monoisotopic (exact) mass is 242 g/mol. The maximum absolute atomic E-state index is 4.09. The van der Waals surface area contributed by atoms with Crippen LogP contribution in [0, 0.1) is 0 Å². The first-order chi connectivity index (χ1) is 8.93. The molecule has 6 nitrogen and oxygen atoms in total. The minimum atomic E-state index is 0.798. The van der Waals surface area contributed by atoms with E-state index in [1.807, 2.05) is 24.3 Å². The van der Waals surface area contributed by atoms with Crippen molar-refractivity contribution >= 4 is 23.0 Å². The van der Waals surface area contributed by atoms with Gasteiger partial charge in [-0.15, -0.1) is 0 Å². The van der Waals surface area contributed by atoms with E-state index in [2.05, 4.69) is 31.2 Å². The zero-order valence-electron chi connectivity index (χ0n) is 9.77. The molecule has 4 rings (SSSR count). The molecule has 0 radical (unpaired) electrons. The van der Waals surface area contributed by atoms with E-state index in [1.165, 1.54) is 0 Å². The summed E-state index contributed by atoms with van der Waals surface area (Å²) >= 11 is 0. The van der Waals surface area contributed by atoms with Crippen molar-refractivity contribution in [1.29, 1.82) is 0 Å². The molecular weight excluding hydrogens is 228 g/mol. The fourth-order valence-electron chi connectivity index (χ4n) is 1.82. The molecule has 0 bridgehead atoms. The Balaban J connectivity index is 0.000000111. The lowest BCUT2D eigenvalue weighted by atomic mass is 10.4. The number of pyridine rings is 2. The summed E-state index contributed by atoms with van der Waals surface area (Å²) < 4.78 is 0. The van der Waals surface area contributed by atoms with Crippen LogP contribution in [0.2, 0.25) is 0 Å². The minimum absolute atomic E-state index is 0.798. The highest BCUT2D eigenvalue weighted by molar-refractivity contribution is 5.68. The van der Waals surface area contributed by atoms with Gasteiger partial charge in [-0.3, -0.25) is 0 Å². The van der Waals surface area contributed by atoms with Crippen molar-refractivity contribution in [3.8, 4) is 0 Å². The SMILES string of the molecule is c1cnc2c(c1)NCN2.c1cnc2c(c1)NCN2. The second kappa shape index (κ2) is 4.79. The van der Waals surface area contributed by atoms with Crippen molar-refractivity contribution in [3.05, 3.63) is 36.7 Å². The van der Waals surface area contributed by atoms with Crippen LogP contribution in [0.4, 0.5) is 23.0 Å². The molecule has 18 heavy (non-hydrogen) atoms. The molecule has 0 fully saturated rings. The Morgan fingerprint density at radius 3 is 1.67 bits per heavy atom. The summed E-state index contributed by atoms with van der Waals surface area (Å²) in [6, 6.07) is 7.84. The molecule has 2 aliphatic rings. The summed E-state index contributed by atoms with van der Waals surface area (Å²) in [6.07, 6.45) is 3.55. The van der Waals surface area contributed by atoms with E-state index in [9.17, 15) is 0 Å². The lowest BCUT2D eigenvalue weighted by Crippen LogP contribution is -1.99. The van der Waals surface area contributed by atoms with Crippen LogP contribution in [-0.4, -0.2) is 23.3 Å². The van der Waals surface area contributed by atoms with Crippen LogP contribution in [0.1, 0.15) is 0 Å². The molecule has 4 N–H and O–H groups in total. The summed E-state index contributed by atoms with van der Waals surface area (Å²) in [5.41, 5.74) is 2.19. The topological polar surface area (TPSA) is 73.9 Å². The predicted octanol–water partition coefficient (Wildman–Crippen LogP) is 1.75. The van der Waals surface area contributed by atoms with Crippen LogP contribution in [-0.2, 0) is 0 Å². The lowest BCUT2D eigenvalue weighted by Gasteiger charge is -1.92. The van der Waals surface area contributed by atoms with Gasteiger partial charge >= 0.3 is 0 Å². The quantitative estimate of drug-likeness (QED) is 0.564. The maximum atomic E-state index is 4.09. The number of aromatic nitrogens is 2. The second-order valence-electron chi connectivity index (χ2n) is 3.86. The van der Waals surface area contributed by atoms with Gasteiger partial charge in [0.25, 0.3) is 0 Å². The summed E-state index contributed by atoms with van der Waals surface area (Å²) in [4.78, 5) is 8.17. The van der Waals surface area contributed by atoms with Crippen LogP contribution in [0.3, 0.4) is 0 Å². The Morgan fingerprint density at radius 1 is 0.722 bits per heavy atom. The van der Waals surface area contributed by atoms with Crippen molar-refractivity contribution in [2.75, 3.05) is 34.6 Å². The molecule has 0 atom stereocenters. The van der Waals surface area contributed by atoms with Gasteiger partial charge in [-0.1, -0.05) is 0 Å². The molecule has 0 aliphatic carbocycles. The first-order valence-electron chi connectivity index (χ1n) is 5.79. The molecule has 0 aromatic carbocycles. The van der Waals surface area contributed by atoms with E-state index >= 15 is 0 Å². The smallest absolute Gasteiger partial charge is 0.150 e. The van der Waals surface area contributed by atoms with Crippen LogP contribution in [0.15, 0.2) is 36.7 Å². The number of nitrogens with zero attached hydrogens (tertiary/aromatic N) is 2. The summed E-state index contributed by atoms with van der Waals surface area (Å²) in [7, 11) is 0. The molecule has 0 saturated heterocycles. The molecule has 2 aliphatic heterocycles. The average molecular weight is 242 g/mol. The van der Waals surface area contributed by atoms with E-state index in [-0.39, 0.29) is 0 Å². The summed E-state index contributed by atoms with van der Waals surface area (Å²) in [5, 5.41) is 12.4. The lowest BCUT2D eigenvalue weighted by molar-refractivity contribution is 1.27. The zero-order chi connectivity index (χ0) is 12.2. The van der Waals surface area contributed by atoms with Crippen molar-refractivity contribution < 1.29 is 0 Å². The van der Waals surface area contributed by atoms with Gasteiger partial charge in [0.2, 0.25) is 0 Å². The van der Waals surface area contributed by atoms with Crippen LogP contribution in [0.25, 0.3) is 0 Å². The van der Waals surface area contributed by atoms with Gasteiger partial charge < -0.3 is 21.3 Å². The van der Waals surface area contributed by atoms with Crippen LogP contribution < -0.4 is 21.3 Å². The number of nitrogens with one attached hydrogen (secondary N) is 4. The Bertz CT molecular complexity index is 446. The highest BCUT2D eigenvalue weighted by atomic mass is 15.2. The van der Waals surface area contributed by atoms with E-state index in [0.717, 1.165) is 36.3 Å². The van der Waals surface area contributed by atoms with Gasteiger partial charge in [0, 0.05) is 12.4 Å². The summed E-state index contributed by atoms with van der Waals surface area (Å²) in [6.45, 7) is 1.60. The van der Waals surface area contributed by atoms with E-state index in [4.69, 9.17) is 0 Å². The number of anilines is 4. The number of hydrogen-bond donors (Lipinski definition) is 4. The van der Waals surface area contributed by atoms with Crippen molar-refractivity contribution in [1.82, 2.24) is 9.97 Å². The molecule has 92 valence electrons. The predicted molar refractivity (Wildman–Crippen MR) is 72.7 cm³/mol. The average Bonchev–Trinajstić information content (AvgIpc) is 3.08. The molecule has 4 heterocycles. The fraction of sp³-hybridized carbons (Fsp3) is 0.167. The molecular formula is C12H14N6. The Kier molecular flexibility index (Phi) is 2.83. The molecule has 2 aromatic rings. The van der Waals surface area contributed by atoms with Gasteiger partial charge in [-0.05, 0) is 24.3 Å². The number of hydrogen-bond acceptors (Lipinski definition) is 6. The molecule has 0 spiro atoms. The van der Waals surface area contributed by atoms with E-state index in [0.29, 0.717) is 0 Å². The van der Waals surface area contributed by atoms with Crippen LogP contribution >= 0.6 is 0 Å². The third-order valence-corrected chi connectivity index (χ3v) is 2.68. The Morgan fingerprint density at radius 2 is 1.22 bits per heavy atom. The molecule has 0 unspecified atom stereocenters. The standard InChI is InChI=1S/2C6H7N3/c2*1-2-5-6(7-3-1)9-4-8-5/h2*1-3,8H,4H2,(H,7,9). The van der Waals surface area contributed by atoms with E-state index in [1.54, 1.807) is 12.4 Å². The second-order valence-corrected chi connectivity index (χ2v) is 3.86. The van der Waals surface area contributed by atoms with Crippen molar-refractivity contribution in [2.45, 2.75) is 0 Å². The fourth-order valence-corrected chi connectivity index (χ4v) is 1.82. The number of rotatable bonds is 0. The van der Waals surface area contributed by atoms with Gasteiger partial charge in [-0.25, -0.2) is 9.97 Å². The van der Waals surface area contributed by atoms with Crippen molar-refractivity contribution in [2.24, 2.45) is 0 Å². The first-order valence-corrected chi connectivity index (χ1v) is 5.79. The van der Waals surface area contributed by atoms with Crippen molar-refractivity contribution in [3.63, 3.8) is 0 Å². The van der Waals surface area contributed by atoms with E-state index < -0.39 is 0 Å². The Hall–Kier alpha value is -2.50. The Labute approximate surface area is 105 Å². The van der Waals surface area contributed by atoms with Gasteiger partial charge in [0.15, 0.2) is 11.6 Å². The van der Waals surface area contributed by atoms with Gasteiger partial charge in [0.05, 0.1) is 24.7 Å². The highest BCUT2D eigenvalue weighted by Crippen LogP contribution is 2.21. The third kappa shape index (κ3) is 2.13. The molecule has 6 heteroatoms. The molecule has 2 aromatic heterocycles. The van der Waals surface area contributed by atoms with Crippen LogP contribution in [0.5, 0.6) is 0 Å². The van der Waals surface area contributed by atoms with Gasteiger partial charge in [0.1, 0.15) is 0 Å². The number of fused-ring (bicyclic) bond motifs is 2. The highest BCUT2D eigenvalue weighted by Gasteiger charge is 2.07. The normalized spacial score (nSPS) is 13.8. The minimum Gasteiger partial charge on any atom is -0.365 e. The van der Waals surface area contributed by atoms with Gasteiger partial charge in [-0.2, -0.15) is 0 Å².